The molecule has 2 rings (SSSR count). The molecule has 1 saturated carbocycles. The van der Waals surface area contributed by atoms with Gasteiger partial charge in [0.15, 0.2) is 0 Å². The van der Waals surface area contributed by atoms with Crippen molar-refractivity contribution in [2.24, 2.45) is 17.8 Å². The first-order valence-electron chi connectivity index (χ1n) is 6.74. The first-order valence-corrected chi connectivity index (χ1v) is 6.74. The lowest BCUT2D eigenvalue weighted by Crippen LogP contribution is -2.36. The largest absolute Gasteiger partial charge is 0.356 e. The van der Waals surface area contributed by atoms with E-state index in [9.17, 15) is 4.79 Å². The van der Waals surface area contributed by atoms with Gasteiger partial charge in [0.1, 0.15) is 0 Å². The van der Waals surface area contributed by atoms with E-state index < -0.39 is 0 Å². The molecule has 3 unspecified atom stereocenters. The van der Waals surface area contributed by atoms with Crippen LogP contribution in [-0.4, -0.2) is 25.5 Å². The molecule has 1 amide bonds. The van der Waals surface area contributed by atoms with Crippen LogP contribution in [0, 0.1) is 17.8 Å². The Labute approximate surface area is 98.4 Å². The standard InChI is InChI=1S/C13H24N2O/c1-10-3-2-4-11(7-10)8-15-13(16)12-5-6-14-9-12/h10-12,14H,2-9H2,1H3,(H,15,16). The lowest BCUT2D eigenvalue weighted by molar-refractivity contribution is -0.124. The van der Waals surface area contributed by atoms with Crippen molar-refractivity contribution in [3.05, 3.63) is 0 Å². The van der Waals surface area contributed by atoms with E-state index >= 15 is 0 Å². The zero-order valence-electron chi connectivity index (χ0n) is 10.3. The first-order chi connectivity index (χ1) is 7.75. The molecular formula is C13H24N2O. The van der Waals surface area contributed by atoms with Gasteiger partial charge < -0.3 is 10.6 Å². The Morgan fingerprint density at radius 1 is 1.38 bits per heavy atom. The number of hydrogen-bond acceptors (Lipinski definition) is 2. The van der Waals surface area contributed by atoms with Gasteiger partial charge >= 0.3 is 0 Å². The van der Waals surface area contributed by atoms with Crippen LogP contribution < -0.4 is 10.6 Å². The van der Waals surface area contributed by atoms with Crippen molar-refractivity contribution in [1.29, 1.82) is 0 Å². The lowest BCUT2D eigenvalue weighted by atomic mass is 9.82. The molecule has 92 valence electrons. The molecule has 1 aliphatic carbocycles. The average molecular weight is 224 g/mol. The minimum atomic E-state index is 0.223. The summed E-state index contributed by atoms with van der Waals surface area (Å²) in [6.45, 7) is 5.10. The molecule has 0 aromatic carbocycles. The van der Waals surface area contributed by atoms with Crippen molar-refractivity contribution in [1.82, 2.24) is 10.6 Å². The molecule has 2 aliphatic rings. The van der Waals surface area contributed by atoms with E-state index in [1.54, 1.807) is 0 Å². The molecule has 1 saturated heterocycles. The summed E-state index contributed by atoms with van der Waals surface area (Å²) in [5, 5.41) is 6.37. The van der Waals surface area contributed by atoms with Gasteiger partial charge in [-0.05, 0) is 37.6 Å². The van der Waals surface area contributed by atoms with Crippen LogP contribution in [0.1, 0.15) is 39.0 Å². The predicted molar refractivity (Wildman–Crippen MR) is 65.1 cm³/mol. The van der Waals surface area contributed by atoms with Gasteiger partial charge in [0.25, 0.3) is 0 Å². The second-order valence-electron chi connectivity index (χ2n) is 5.57. The zero-order valence-corrected chi connectivity index (χ0v) is 10.3. The van der Waals surface area contributed by atoms with Crippen LogP contribution in [0.4, 0.5) is 0 Å². The molecule has 1 heterocycles. The fourth-order valence-corrected chi connectivity index (χ4v) is 3.01. The number of carbonyl (C=O) groups excluding carboxylic acids is 1. The van der Waals surface area contributed by atoms with E-state index in [0.29, 0.717) is 0 Å². The molecule has 2 N–H and O–H groups in total. The predicted octanol–water partition coefficient (Wildman–Crippen LogP) is 1.54. The topological polar surface area (TPSA) is 41.1 Å². The van der Waals surface area contributed by atoms with Crippen molar-refractivity contribution in [2.45, 2.75) is 39.0 Å². The molecule has 0 bridgehead atoms. The van der Waals surface area contributed by atoms with Gasteiger partial charge in [-0.2, -0.15) is 0 Å². The molecule has 16 heavy (non-hydrogen) atoms. The van der Waals surface area contributed by atoms with E-state index in [1.807, 2.05) is 0 Å². The normalized spacial score (nSPS) is 34.9. The average Bonchev–Trinajstić information content (AvgIpc) is 2.79. The van der Waals surface area contributed by atoms with E-state index in [2.05, 4.69) is 17.6 Å². The van der Waals surface area contributed by atoms with E-state index in [4.69, 9.17) is 0 Å². The van der Waals surface area contributed by atoms with Crippen molar-refractivity contribution in [3.63, 3.8) is 0 Å². The van der Waals surface area contributed by atoms with Gasteiger partial charge in [0, 0.05) is 13.1 Å². The molecule has 0 aromatic heterocycles. The van der Waals surface area contributed by atoms with Crippen LogP contribution in [-0.2, 0) is 4.79 Å². The molecule has 0 radical (unpaired) electrons. The molecule has 3 heteroatoms. The highest BCUT2D eigenvalue weighted by molar-refractivity contribution is 5.79. The maximum atomic E-state index is 11.8. The third-order valence-electron chi connectivity index (χ3n) is 4.04. The summed E-state index contributed by atoms with van der Waals surface area (Å²) in [4.78, 5) is 11.8. The van der Waals surface area contributed by atoms with Crippen molar-refractivity contribution < 1.29 is 4.79 Å². The second-order valence-corrected chi connectivity index (χ2v) is 5.57. The molecule has 1 aliphatic heterocycles. The maximum Gasteiger partial charge on any atom is 0.224 e. The summed E-state index contributed by atoms with van der Waals surface area (Å²) < 4.78 is 0. The van der Waals surface area contributed by atoms with Gasteiger partial charge in [0.2, 0.25) is 5.91 Å². The number of hydrogen-bond donors (Lipinski definition) is 2. The maximum absolute atomic E-state index is 11.8. The minimum Gasteiger partial charge on any atom is -0.356 e. The zero-order chi connectivity index (χ0) is 11.4. The van der Waals surface area contributed by atoms with Gasteiger partial charge in [-0.15, -0.1) is 0 Å². The van der Waals surface area contributed by atoms with Crippen LogP contribution in [0.15, 0.2) is 0 Å². The molecular weight excluding hydrogens is 200 g/mol. The Hall–Kier alpha value is -0.570. The van der Waals surface area contributed by atoms with Crippen molar-refractivity contribution in [3.8, 4) is 0 Å². The molecule has 0 spiro atoms. The number of amides is 1. The van der Waals surface area contributed by atoms with Gasteiger partial charge in [-0.3, -0.25) is 4.79 Å². The summed E-state index contributed by atoms with van der Waals surface area (Å²) in [5.41, 5.74) is 0. The van der Waals surface area contributed by atoms with E-state index in [1.165, 1.54) is 25.7 Å². The fraction of sp³-hybridized carbons (Fsp3) is 0.923. The highest BCUT2D eigenvalue weighted by Crippen LogP contribution is 2.27. The number of rotatable bonds is 3. The third kappa shape index (κ3) is 3.21. The third-order valence-corrected chi connectivity index (χ3v) is 4.04. The molecule has 2 fully saturated rings. The number of nitrogens with one attached hydrogen (secondary N) is 2. The highest BCUT2D eigenvalue weighted by atomic mass is 16.1. The summed E-state index contributed by atoms with van der Waals surface area (Å²) in [5.74, 6) is 2.06. The van der Waals surface area contributed by atoms with E-state index in [0.717, 1.165) is 37.9 Å². The SMILES string of the molecule is CC1CCCC(CNC(=O)C2CCNC2)C1. The fourth-order valence-electron chi connectivity index (χ4n) is 3.01. The van der Waals surface area contributed by atoms with Crippen LogP contribution in [0.5, 0.6) is 0 Å². The van der Waals surface area contributed by atoms with Crippen molar-refractivity contribution in [2.75, 3.05) is 19.6 Å². The highest BCUT2D eigenvalue weighted by Gasteiger charge is 2.24. The summed E-state index contributed by atoms with van der Waals surface area (Å²) in [6, 6.07) is 0. The Morgan fingerprint density at radius 2 is 2.25 bits per heavy atom. The quantitative estimate of drug-likeness (QED) is 0.763. The lowest BCUT2D eigenvalue weighted by Gasteiger charge is -2.27. The van der Waals surface area contributed by atoms with Crippen molar-refractivity contribution >= 4 is 5.91 Å². The summed E-state index contributed by atoms with van der Waals surface area (Å²) in [7, 11) is 0. The molecule has 0 aromatic rings. The Balaban J connectivity index is 1.67. The Bertz CT molecular complexity index is 236. The smallest absolute Gasteiger partial charge is 0.224 e. The minimum absolute atomic E-state index is 0.223. The van der Waals surface area contributed by atoms with Gasteiger partial charge in [0.05, 0.1) is 5.92 Å². The van der Waals surface area contributed by atoms with Crippen LogP contribution in [0.25, 0.3) is 0 Å². The van der Waals surface area contributed by atoms with Gasteiger partial charge in [-0.25, -0.2) is 0 Å². The molecule has 3 atom stereocenters. The van der Waals surface area contributed by atoms with Crippen LogP contribution in [0.2, 0.25) is 0 Å². The van der Waals surface area contributed by atoms with Crippen LogP contribution in [0.3, 0.4) is 0 Å². The van der Waals surface area contributed by atoms with Crippen LogP contribution >= 0.6 is 0 Å². The van der Waals surface area contributed by atoms with Gasteiger partial charge in [-0.1, -0.05) is 19.8 Å². The summed E-state index contributed by atoms with van der Waals surface area (Å²) in [6.07, 6.45) is 6.31. The second kappa shape index (κ2) is 5.67. The van der Waals surface area contributed by atoms with E-state index in [-0.39, 0.29) is 11.8 Å². The first kappa shape index (κ1) is 11.9. The Morgan fingerprint density at radius 3 is 2.94 bits per heavy atom. The monoisotopic (exact) mass is 224 g/mol. The molecule has 3 nitrogen and oxygen atoms in total. The Kier molecular flexibility index (Phi) is 4.22. The summed E-state index contributed by atoms with van der Waals surface area (Å²) >= 11 is 0. The number of carbonyl (C=O) groups is 1.